The normalized spacial score (nSPS) is 13.0. The van der Waals surface area contributed by atoms with Crippen LogP contribution in [0.4, 0.5) is 10.5 Å². The topological polar surface area (TPSA) is 61.4 Å². The SMILES string of the molecule is CC(O)C(C)(C)NC(=O)Nc1cc(Cl)ccc1Cl. The number of amides is 2. The molecule has 4 nitrogen and oxygen atoms in total. The van der Waals surface area contributed by atoms with E-state index in [1.165, 1.54) is 0 Å². The van der Waals surface area contributed by atoms with Crippen LogP contribution in [0.15, 0.2) is 18.2 Å². The van der Waals surface area contributed by atoms with Gasteiger partial charge in [0.05, 0.1) is 22.4 Å². The molecule has 6 heteroatoms. The summed E-state index contributed by atoms with van der Waals surface area (Å²) in [5.74, 6) is 0. The summed E-state index contributed by atoms with van der Waals surface area (Å²) in [6.45, 7) is 5.04. The van der Waals surface area contributed by atoms with Gasteiger partial charge in [0.2, 0.25) is 0 Å². The van der Waals surface area contributed by atoms with Crippen molar-refractivity contribution in [2.45, 2.75) is 32.4 Å². The Balaban J connectivity index is 2.74. The second kappa shape index (κ2) is 5.78. The predicted molar refractivity (Wildman–Crippen MR) is 74.4 cm³/mol. The van der Waals surface area contributed by atoms with Crippen LogP contribution in [-0.2, 0) is 0 Å². The van der Waals surface area contributed by atoms with Gasteiger partial charge < -0.3 is 15.7 Å². The van der Waals surface area contributed by atoms with Crippen molar-refractivity contribution in [3.05, 3.63) is 28.2 Å². The Bertz CT molecular complexity index is 448. The molecule has 1 unspecified atom stereocenters. The average molecular weight is 291 g/mol. The van der Waals surface area contributed by atoms with Gasteiger partial charge in [0.25, 0.3) is 0 Å². The fourth-order valence-corrected chi connectivity index (χ4v) is 1.48. The number of carbonyl (C=O) groups excluding carboxylic acids is 1. The molecule has 18 heavy (non-hydrogen) atoms. The highest BCUT2D eigenvalue weighted by Gasteiger charge is 2.26. The second-order valence-corrected chi connectivity index (χ2v) is 5.44. The van der Waals surface area contributed by atoms with Gasteiger partial charge in [-0.2, -0.15) is 0 Å². The molecule has 0 aliphatic carbocycles. The number of aliphatic hydroxyl groups is 1. The smallest absolute Gasteiger partial charge is 0.319 e. The van der Waals surface area contributed by atoms with Crippen LogP contribution < -0.4 is 10.6 Å². The molecule has 0 saturated carbocycles. The molecule has 0 spiro atoms. The van der Waals surface area contributed by atoms with Gasteiger partial charge in [0.1, 0.15) is 0 Å². The van der Waals surface area contributed by atoms with Crippen LogP contribution in [0, 0.1) is 0 Å². The van der Waals surface area contributed by atoms with Gasteiger partial charge in [-0.15, -0.1) is 0 Å². The number of urea groups is 1. The maximum Gasteiger partial charge on any atom is 0.319 e. The molecule has 1 aromatic rings. The first-order valence-electron chi connectivity index (χ1n) is 5.44. The number of anilines is 1. The van der Waals surface area contributed by atoms with Gasteiger partial charge in [-0.05, 0) is 39.0 Å². The van der Waals surface area contributed by atoms with Gasteiger partial charge in [-0.1, -0.05) is 23.2 Å². The maximum atomic E-state index is 11.8. The number of hydrogen-bond donors (Lipinski definition) is 3. The third-order valence-electron chi connectivity index (χ3n) is 2.66. The van der Waals surface area contributed by atoms with E-state index in [2.05, 4.69) is 10.6 Å². The van der Waals surface area contributed by atoms with Crippen molar-refractivity contribution in [1.29, 1.82) is 0 Å². The number of hydrogen-bond acceptors (Lipinski definition) is 2. The summed E-state index contributed by atoms with van der Waals surface area (Å²) in [7, 11) is 0. The zero-order valence-corrected chi connectivity index (χ0v) is 11.9. The molecule has 100 valence electrons. The van der Waals surface area contributed by atoms with E-state index >= 15 is 0 Å². The second-order valence-electron chi connectivity index (χ2n) is 4.60. The highest BCUT2D eigenvalue weighted by molar-refractivity contribution is 6.35. The van der Waals surface area contributed by atoms with Crippen molar-refractivity contribution in [1.82, 2.24) is 5.32 Å². The largest absolute Gasteiger partial charge is 0.391 e. The lowest BCUT2D eigenvalue weighted by atomic mass is 9.99. The van der Waals surface area contributed by atoms with Crippen LogP contribution >= 0.6 is 23.2 Å². The number of carbonyl (C=O) groups is 1. The average Bonchev–Trinajstić information content (AvgIpc) is 2.22. The Morgan fingerprint density at radius 2 is 2.00 bits per heavy atom. The van der Waals surface area contributed by atoms with Crippen molar-refractivity contribution >= 4 is 34.9 Å². The van der Waals surface area contributed by atoms with Gasteiger partial charge in [-0.25, -0.2) is 4.79 Å². The molecule has 1 atom stereocenters. The molecule has 0 saturated heterocycles. The lowest BCUT2D eigenvalue weighted by Gasteiger charge is -2.29. The predicted octanol–water partition coefficient (Wildman–Crippen LogP) is 3.27. The molecular weight excluding hydrogens is 275 g/mol. The molecule has 3 N–H and O–H groups in total. The van der Waals surface area contributed by atoms with Crippen molar-refractivity contribution in [2.24, 2.45) is 0 Å². The van der Waals surface area contributed by atoms with Crippen molar-refractivity contribution in [2.75, 3.05) is 5.32 Å². The Morgan fingerprint density at radius 3 is 2.56 bits per heavy atom. The molecule has 0 fully saturated rings. The number of nitrogens with one attached hydrogen (secondary N) is 2. The Kier molecular flexibility index (Phi) is 4.85. The first-order chi connectivity index (χ1) is 8.22. The van der Waals surface area contributed by atoms with Crippen LogP contribution in [0.2, 0.25) is 10.0 Å². The fourth-order valence-electron chi connectivity index (χ4n) is 1.14. The first-order valence-corrected chi connectivity index (χ1v) is 6.20. The van der Waals surface area contributed by atoms with E-state index in [9.17, 15) is 9.90 Å². The lowest BCUT2D eigenvalue weighted by molar-refractivity contribution is 0.103. The van der Waals surface area contributed by atoms with Crippen LogP contribution in [-0.4, -0.2) is 22.8 Å². The van der Waals surface area contributed by atoms with E-state index in [0.29, 0.717) is 15.7 Å². The van der Waals surface area contributed by atoms with Crippen molar-refractivity contribution < 1.29 is 9.90 Å². The van der Waals surface area contributed by atoms with E-state index in [4.69, 9.17) is 23.2 Å². The minimum atomic E-state index is -0.741. The quantitative estimate of drug-likeness (QED) is 0.800. The Morgan fingerprint density at radius 1 is 1.39 bits per heavy atom. The van der Waals surface area contributed by atoms with E-state index in [0.717, 1.165) is 0 Å². The molecule has 2 amide bonds. The van der Waals surface area contributed by atoms with Crippen LogP contribution in [0.3, 0.4) is 0 Å². The summed E-state index contributed by atoms with van der Waals surface area (Å²) < 4.78 is 0. The van der Waals surface area contributed by atoms with Gasteiger partial charge in [0, 0.05) is 5.02 Å². The van der Waals surface area contributed by atoms with E-state index in [1.54, 1.807) is 39.0 Å². The molecular formula is C12H16Cl2N2O2. The van der Waals surface area contributed by atoms with Crippen LogP contribution in [0.1, 0.15) is 20.8 Å². The third kappa shape index (κ3) is 4.05. The van der Waals surface area contributed by atoms with Crippen LogP contribution in [0.25, 0.3) is 0 Å². The zero-order valence-electron chi connectivity index (χ0n) is 10.4. The molecule has 0 aliphatic heterocycles. The fraction of sp³-hybridized carbons (Fsp3) is 0.417. The summed E-state index contributed by atoms with van der Waals surface area (Å²) in [6, 6.07) is 4.33. The van der Waals surface area contributed by atoms with E-state index < -0.39 is 17.7 Å². The lowest BCUT2D eigenvalue weighted by Crippen LogP contribution is -2.52. The van der Waals surface area contributed by atoms with E-state index in [1.807, 2.05) is 0 Å². The van der Waals surface area contributed by atoms with Crippen molar-refractivity contribution in [3.8, 4) is 0 Å². The van der Waals surface area contributed by atoms with E-state index in [-0.39, 0.29) is 0 Å². The molecule has 0 aromatic heterocycles. The van der Waals surface area contributed by atoms with Gasteiger partial charge in [-0.3, -0.25) is 0 Å². The highest BCUT2D eigenvalue weighted by Crippen LogP contribution is 2.25. The number of benzene rings is 1. The summed E-state index contributed by atoms with van der Waals surface area (Å²) in [6.07, 6.45) is -0.682. The van der Waals surface area contributed by atoms with Crippen LogP contribution in [0.5, 0.6) is 0 Å². The molecule has 1 aromatic carbocycles. The minimum Gasteiger partial charge on any atom is -0.391 e. The monoisotopic (exact) mass is 290 g/mol. The first kappa shape index (κ1) is 15.1. The van der Waals surface area contributed by atoms with Gasteiger partial charge in [0.15, 0.2) is 0 Å². The maximum absolute atomic E-state index is 11.8. The Labute approximate surface area is 116 Å². The summed E-state index contributed by atoms with van der Waals surface area (Å²) in [4.78, 5) is 11.8. The summed E-state index contributed by atoms with van der Waals surface area (Å²) in [5.41, 5.74) is -0.321. The zero-order chi connectivity index (χ0) is 13.9. The Hall–Kier alpha value is -0.970. The number of aliphatic hydroxyl groups excluding tert-OH is 1. The molecule has 0 radical (unpaired) electrons. The summed E-state index contributed by atoms with van der Waals surface area (Å²) in [5, 5.41) is 15.6. The van der Waals surface area contributed by atoms with Crippen molar-refractivity contribution in [3.63, 3.8) is 0 Å². The molecule has 0 heterocycles. The molecule has 0 bridgehead atoms. The van der Waals surface area contributed by atoms with Gasteiger partial charge >= 0.3 is 6.03 Å². The standard InChI is InChI=1S/C12H16Cl2N2O2/c1-7(17)12(2,3)16-11(18)15-10-6-8(13)4-5-9(10)14/h4-7,17H,1-3H3,(H2,15,16,18). The number of halogens is 2. The highest BCUT2D eigenvalue weighted by atomic mass is 35.5. The molecule has 0 aliphatic rings. The minimum absolute atomic E-state index is 0.393. The third-order valence-corrected chi connectivity index (χ3v) is 3.22. The number of rotatable bonds is 3. The molecule has 1 rings (SSSR count). The summed E-state index contributed by atoms with van der Waals surface area (Å²) >= 11 is 11.7.